The van der Waals surface area contributed by atoms with Gasteiger partial charge in [0, 0.05) is 37.6 Å². The minimum absolute atomic E-state index is 0.153. The fraction of sp³-hybridized carbons (Fsp3) is 0.500. The summed E-state index contributed by atoms with van der Waals surface area (Å²) in [6, 6.07) is 3.99. The van der Waals surface area contributed by atoms with Crippen molar-refractivity contribution in [3.63, 3.8) is 0 Å². The van der Waals surface area contributed by atoms with Crippen LogP contribution < -0.4 is 4.90 Å². The van der Waals surface area contributed by atoms with Crippen LogP contribution >= 0.6 is 0 Å². The zero-order chi connectivity index (χ0) is 12.0. The van der Waals surface area contributed by atoms with Crippen LogP contribution in [-0.2, 0) is 9.53 Å². The van der Waals surface area contributed by atoms with E-state index in [4.69, 9.17) is 0 Å². The summed E-state index contributed by atoms with van der Waals surface area (Å²) in [5, 5.41) is 0. The van der Waals surface area contributed by atoms with Crippen LogP contribution in [0.15, 0.2) is 18.3 Å². The van der Waals surface area contributed by atoms with Gasteiger partial charge in [-0.1, -0.05) is 0 Å². The van der Waals surface area contributed by atoms with Crippen LogP contribution in [0.1, 0.15) is 18.5 Å². The third-order valence-electron chi connectivity index (χ3n) is 2.42. The van der Waals surface area contributed by atoms with Gasteiger partial charge in [0.1, 0.15) is 0 Å². The van der Waals surface area contributed by atoms with Crippen molar-refractivity contribution in [3.05, 3.63) is 24.0 Å². The number of carbonyl (C=O) groups is 1. The molecule has 1 aromatic rings. The normalized spacial score (nSPS) is 9.94. The molecular weight excluding hydrogens is 204 g/mol. The predicted molar refractivity (Wildman–Crippen MR) is 63.5 cm³/mol. The van der Waals surface area contributed by atoms with Crippen molar-refractivity contribution < 1.29 is 9.53 Å². The standard InChI is InChI=1S/C12H18N2O2/c1-10-9-11(6-7-13-10)14(2)8-4-5-12(15)16-3/h6-7,9H,4-5,8H2,1-3H3. The Morgan fingerprint density at radius 3 is 2.94 bits per heavy atom. The van der Waals surface area contributed by atoms with Gasteiger partial charge in [0.15, 0.2) is 0 Å². The molecule has 0 fully saturated rings. The van der Waals surface area contributed by atoms with Crippen molar-refractivity contribution in [1.82, 2.24) is 4.98 Å². The van der Waals surface area contributed by atoms with E-state index in [9.17, 15) is 4.79 Å². The second-order valence-corrected chi connectivity index (χ2v) is 3.76. The van der Waals surface area contributed by atoms with Gasteiger partial charge in [0.25, 0.3) is 0 Å². The lowest BCUT2D eigenvalue weighted by atomic mass is 10.2. The third-order valence-corrected chi connectivity index (χ3v) is 2.42. The first kappa shape index (κ1) is 12.5. The predicted octanol–water partition coefficient (Wildman–Crippen LogP) is 1.78. The van der Waals surface area contributed by atoms with E-state index in [0.717, 1.165) is 24.3 Å². The van der Waals surface area contributed by atoms with Gasteiger partial charge in [0.2, 0.25) is 0 Å². The first-order chi connectivity index (χ1) is 7.63. The van der Waals surface area contributed by atoms with Crippen LogP contribution in [-0.4, -0.2) is 31.7 Å². The zero-order valence-corrected chi connectivity index (χ0v) is 10.1. The highest BCUT2D eigenvalue weighted by Gasteiger charge is 2.04. The highest BCUT2D eigenvalue weighted by Crippen LogP contribution is 2.12. The van der Waals surface area contributed by atoms with Gasteiger partial charge >= 0.3 is 5.97 Å². The fourth-order valence-corrected chi connectivity index (χ4v) is 1.46. The Morgan fingerprint density at radius 1 is 1.56 bits per heavy atom. The first-order valence-electron chi connectivity index (χ1n) is 5.34. The summed E-state index contributed by atoms with van der Waals surface area (Å²) >= 11 is 0. The molecule has 0 saturated carbocycles. The molecule has 16 heavy (non-hydrogen) atoms. The fourth-order valence-electron chi connectivity index (χ4n) is 1.46. The lowest BCUT2D eigenvalue weighted by Gasteiger charge is -2.18. The monoisotopic (exact) mass is 222 g/mol. The molecule has 0 atom stereocenters. The number of carbonyl (C=O) groups excluding carboxylic acids is 1. The SMILES string of the molecule is COC(=O)CCCN(C)c1ccnc(C)c1. The van der Waals surface area contributed by atoms with E-state index in [0.29, 0.717) is 6.42 Å². The van der Waals surface area contributed by atoms with Crippen molar-refractivity contribution >= 4 is 11.7 Å². The topological polar surface area (TPSA) is 42.4 Å². The van der Waals surface area contributed by atoms with Crippen LogP contribution in [0, 0.1) is 6.92 Å². The molecule has 4 heteroatoms. The molecule has 1 aromatic heterocycles. The van der Waals surface area contributed by atoms with E-state index in [1.165, 1.54) is 7.11 Å². The minimum atomic E-state index is -0.153. The number of aryl methyl sites for hydroxylation is 1. The van der Waals surface area contributed by atoms with Gasteiger partial charge in [-0.15, -0.1) is 0 Å². The number of pyridine rings is 1. The summed E-state index contributed by atoms with van der Waals surface area (Å²) in [4.78, 5) is 17.2. The molecule has 0 saturated heterocycles. The lowest BCUT2D eigenvalue weighted by Crippen LogP contribution is -2.19. The molecule has 0 aliphatic carbocycles. The average molecular weight is 222 g/mol. The molecule has 1 heterocycles. The smallest absolute Gasteiger partial charge is 0.305 e. The number of methoxy groups -OCH3 is 1. The van der Waals surface area contributed by atoms with Crippen LogP contribution in [0.5, 0.6) is 0 Å². The zero-order valence-electron chi connectivity index (χ0n) is 10.1. The lowest BCUT2D eigenvalue weighted by molar-refractivity contribution is -0.140. The number of hydrogen-bond donors (Lipinski definition) is 0. The van der Waals surface area contributed by atoms with E-state index >= 15 is 0 Å². The first-order valence-corrected chi connectivity index (χ1v) is 5.34. The van der Waals surface area contributed by atoms with Gasteiger partial charge < -0.3 is 9.64 Å². The quantitative estimate of drug-likeness (QED) is 0.712. The highest BCUT2D eigenvalue weighted by atomic mass is 16.5. The Labute approximate surface area is 96.2 Å². The van der Waals surface area contributed by atoms with E-state index < -0.39 is 0 Å². The minimum Gasteiger partial charge on any atom is -0.469 e. The summed E-state index contributed by atoms with van der Waals surface area (Å²) in [6.07, 6.45) is 3.05. The summed E-state index contributed by atoms with van der Waals surface area (Å²) in [7, 11) is 3.42. The van der Waals surface area contributed by atoms with Crippen molar-refractivity contribution in [2.45, 2.75) is 19.8 Å². The maximum atomic E-state index is 10.9. The summed E-state index contributed by atoms with van der Waals surface area (Å²) in [5.74, 6) is -0.153. The van der Waals surface area contributed by atoms with Crippen LogP contribution in [0.25, 0.3) is 0 Å². The van der Waals surface area contributed by atoms with Gasteiger partial charge in [-0.25, -0.2) is 0 Å². The highest BCUT2D eigenvalue weighted by molar-refractivity contribution is 5.69. The molecule has 0 N–H and O–H groups in total. The summed E-state index contributed by atoms with van der Waals surface area (Å²) in [5.41, 5.74) is 2.12. The average Bonchev–Trinajstić information content (AvgIpc) is 2.28. The Bertz CT molecular complexity index is 353. The number of ether oxygens (including phenoxy) is 1. The number of aromatic nitrogens is 1. The van der Waals surface area contributed by atoms with Gasteiger partial charge in [-0.2, -0.15) is 0 Å². The van der Waals surface area contributed by atoms with E-state index in [1.807, 2.05) is 26.1 Å². The number of esters is 1. The third kappa shape index (κ3) is 3.88. The molecule has 0 radical (unpaired) electrons. The molecule has 4 nitrogen and oxygen atoms in total. The molecule has 1 rings (SSSR count). The van der Waals surface area contributed by atoms with Crippen LogP contribution in [0.3, 0.4) is 0 Å². The van der Waals surface area contributed by atoms with Crippen molar-refractivity contribution in [3.8, 4) is 0 Å². The second-order valence-electron chi connectivity index (χ2n) is 3.76. The maximum absolute atomic E-state index is 10.9. The molecule has 0 aromatic carbocycles. The molecule has 0 unspecified atom stereocenters. The number of anilines is 1. The molecule has 88 valence electrons. The molecule has 0 bridgehead atoms. The van der Waals surface area contributed by atoms with Gasteiger partial charge in [-0.05, 0) is 25.5 Å². The Balaban J connectivity index is 2.40. The van der Waals surface area contributed by atoms with Crippen LogP contribution in [0.4, 0.5) is 5.69 Å². The molecular formula is C12H18N2O2. The van der Waals surface area contributed by atoms with Gasteiger partial charge in [-0.3, -0.25) is 9.78 Å². The molecule has 0 spiro atoms. The summed E-state index contributed by atoms with van der Waals surface area (Å²) < 4.78 is 4.59. The van der Waals surface area contributed by atoms with Crippen molar-refractivity contribution in [2.75, 3.05) is 25.6 Å². The van der Waals surface area contributed by atoms with E-state index in [2.05, 4.69) is 14.6 Å². The van der Waals surface area contributed by atoms with Crippen molar-refractivity contribution in [2.24, 2.45) is 0 Å². The summed E-state index contributed by atoms with van der Waals surface area (Å²) in [6.45, 7) is 2.80. The van der Waals surface area contributed by atoms with E-state index in [1.54, 1.807) is 6.20 Å². The number of nitrogens with zero attached hydrogens (tertiary/aromatic N) is 2. The van der Waals surface area contributed by atoms with Crippen molar-refractivity contribution in [1.29, 1.82) is 0 Å². The maximum Gasteiger partial charge on any atom is 0.305 e. The van der Waals surface area contributed by atoms with E-state index in [-0.39, 0.29) is 5.97 Å². The number of rotatable bonds is 5. The molecule has 0 aliphatic rings. The Kier molecular flexibility index (Phi) is 4.76. The van der Waals surface area contributed by atoms with Gasteiger partial charge in [0.05, 0.1) is 7.11 Å². The largest absolute Gasteiger partial charge is 0.469 e. The van der Waals surface area contributed by atoms with Crippen LogP contribution in [0.2, 0.25) is 0 Å². The number of hydrogen-bond acceptors (Lipinski definition) is 4. The Morgan fingerprint density at radius 2 is 2.31 bits per heavy atom. The molecule has 0 amide bonds. The molecule has 0 aliphatic heterocycles. The second kappa shape index (κ2) is 6.10. The Hall–Kier alpha value is -1.58.